The van der Waals surface area contributed by atoms with E-state index < -0.39 is 23.7 Å². The summed E-state index contributed by atoms with van der Waals surface area (Å²) in [5, 5.41) is 10.1. The molecule has 0 saturated heterocycles. The van der Waals surface area contributed by atoms with Gasteiger partial charge in [-0.1, -0.05) is 0 Å². The minimum absolute atomic E-state index is 0.00807. The van der Waals surface area contributed by atoms with Crippen molar-refractivity contribution in [3.8, 4) is 0 Å². The number of fused-ring (bicyclic) bond motifs is 1. The first-order valence-electron chi connectivity index (χ1n) is 8.84. The number of alkyl halides is 3. The molecule has 9 nitrogen and oxygen atoms in total. The van der Waals surface area contributed by atoms with Gasteiger partial charge in [-0.15, -0.1) is 0 Å². The molecular weight excluding hydrogens is 391 g/mol. The number of nitrogens with two attached hydrogens (primary N) is 1. The van der Waals surface area contributed by atoms with Crippen LogP contribution < -0.4 is 11.1 Å². The molecule has 0 unspecified atom stereocenters. The number of anilines is 1. The van der Waals surface area contributed by atoms with E-state index in [0.29, 0.717) is 16.8 Å². The van der Waals surface area contributed by atoms with Crippen molar-refractivity contribution in [1.29, 1.82) is 0 Å². The standard InChI is InChI=1S/C17H16F3N7O2/c1-2-26-7-11(14(25-26)15(21)28)23-16(29)10-6-13-22-9(8-3-4-8)5-12(17(18,19)20)27(13)24-10/h5-8H,2-4H2,1H3,(H2,21,28)(H,23,29). The van der Waals surface area contributed by atoms with E-state index >= 15 is 0 Å². The molecule has 29 heavy (non-hydrogen) atoms. The van der Waals surface area contributed by atoms with E-state index in [1.165, 1.54) is 16.9 Å². The van der Waals surface area contributed by atoms with Crippen molar-refractivity contribution in [2.75, 3.05) is 5.32 Å². The predicted molar refractivity (Wildman–Crippen MR) is 94.3 cm³/mol. The van der Waals surface area contributed by atoms with Crippen molar-refractivity contribution in [1.82, 2.24) is 24.4 Å². The Morgan fingerprint density at radius 3 is 2.59 bits per heavy atom. The number of carbonyl (C=O) groups excluding carboxylic acids is 2. The third-order valence-electron chi connectivity index (χ3n) is 4.53. The monoisotopic (exact) mass is 407 g/mol. The predicted octanol–water partition coefficient (Wildman–Crippen LogP) is 2.19. The summed E-state index contributed by atoms with van der Waals surface area (Å²) in [6.07, 6.45) is -1.71. The Balaban J connectivity index is 1.72. The number of hydrogen-bond donors (Lipinski definition) is 2. The van der Waals surface area contributed by atoms with Crippen LogP contribution in [0.25, 0.3) is 5.65 Å². The summed E-state index contributed by atoms with van der Waals surface area (Å²) >= 11 is 0. The van der Waals surface area contributed by atoms with Gasteiger partial charge in [0.1, 0.15) is 5.69 Å². The van der Waals surface area contributed by atoms with Crippen molar-refractivity contribution in [3.63, 3.8) is 0 Å². The molecule has 0 atom stereocenters. The Hall–Kier alpha value is -3.44. The number of rotatable bonds is 5. The molecule has 1 aliphatic carbocycles. The molecule has 2 amide bonds. The largest absolute Gasteiger partial charge is 0.433 e. The molecule has 0 radical (unpaired) electrons. The van der Waals surface area contributed by atoms with Crippen molar-refractivity contribution in [2.24, 2.45) is 5.73 Å². The van der Waals surface area contributed by atoms with Gasteiger partial charge in [-0.05, 0) is 25.8 Å². The van der Waals surface area contributed by atoms with Crippen LogP contribution in [0.3, 0.4) is 0 Å². The van der Waals surface area contributed by atoms with Gasteiger partial charge in [-0.3, -0.25) is 14.3 Å². The SMILES string of the molecule is CCn1cc(NC(=O)c2cc3nc(C4CC4)cc(C(F)(F)F)n3n2)c(C(N)=O)n1. The minimum Gasteiger partial charge on any atom is -0.364 e. The normalized spacial score (nSPS) is 14.3. The van der Waals surface area contributed by atoms with Gasteiger partial charge in [-0.2, -0.15) is 23.4 Å². The van der Waals surface area contributed by atoms with Gasteiger partial charge < -0.3 is 11.1 Å². The molecule has 12 heteroatoms. The highest BCUT2D eigenvalue weighted by atomic mass is 19.4. The third-order valence-corrected chi connectivity index (χ3v) is 4.53. The molecule has 4 rings (SSSR count). The highest BCUT2D eigenvalue weighted by Crippen LogP contribution is 2.41. The summed E-state index contributed by atoms with van der Waals surface area (Å²) in [4.78, 5) is 28.3. The van der Waals surface area contributed by atoms with Crippen LogP contribution in [-0.4, -0.2) is 36.2 Å². The van der Waals surface area contributed by atoms with Crippen LogP contribution in [0.1, 0.15) is 58.0 Å². The van der Waals surface area contributed by atoms with Gasteiger partial charge in [0.05, 0.1) is 5.69 Å². The minimum atomic E-state index is -4.66. The number of hydrogen-bond acceptors (Lipinski definition) is 5. The van der Waals surface area contributed by atoms with Gasteiger partial charge in [0.25, 0.3) is 11.8 Å². The zero-order valence-corrected chi connectivity index (χ0v) is 15.2. The fourth-order valence-electron chi connectivity index (χ4n) is 2.94. The van der Waals surface area contributed by atoms with E-state index in [4.69, 9.17) is 5.73 Å². The molecule has 0 aromatic carbocycles. The molecule has 1 saturated carbocycles. The van der Waals surface area contributed by atoms with Gasteiger partial charge in [0, 0.05) is 30.4 Å². The molecule has 0 spiro atoms. The van der Waals surface area contributed by atoms with Crippen LogP contribution in [-0.2, 0) is 12.7 Å². The van der Waals surface area contributed by atoms with Crippen LogP contribution in [0.15, 0.2) is 18.3 Å². The van der Waals surface area contributed by atoms with E-state index in [1.807, 2.05) is 0 Å². The number of halogens is 3. The molecule has 1 fully saturated rings. The average Bonchev–Trinajstić information content (AvgIpc) is 3.27. The highest BCUT2D eigenvalue weighted by molar-refractivity contribution is 6.07. The van der Waals surface area contributed by atoms with E-state index in [1.54, 1.807) is 6.92 Å². The fourth-order valence-corrected chi connectivity index (χ4v) is 2.94. The summed E-state index contributed by atoms with van der Waals surface area (Å²) in [5.74, 6) is -1.67. The van der Waals surface area contributed by atoms with Gasteiger partial charge in [0.2, 0.25) is 0 Å². The van der Waals surface area contributed by atoms with Crippen molar-refractivity contribution in [2.45, 2.75) is 38.4 Å². The Morgan fingerprint density at radius 2 is 2.00 bits per heavy atom. The van der Waals surface area contributed by atoms with Gasteiger partial charge in [-0.25, -0.2) is 9.50 Å². The molecule has 1 aliphatic rings. The summed E-state index contributed by atoms with van der Waals surface area (Å²) in [7, 11) is 0. The Morgan fingerprint density at radius 1 is 1.28 bits per heavy atom. The number of amides is 2. The number of primary amides is 1. The fraction of sp³-hybridized carbons (Fsp3) is 0.353. The lowest BCUT2D eigenvalue weighted by atomic mass is 10.2. The maximum absolute atomic E-state index is 13.5. The van der Waals surface area contributed by atoms with E-state index in [-0.39, 0.29) is 28.6 Å². The Bertz CT molecular complexity index is 1130. The van der Waals surface area contributed by atoms with Crippen LogP contribution in [0, 0.1) is 0 Å². The summed E-state index contributed by atoms with van der Waals surface area (Å²) < 4.78 is 42.4. The first-order valence-corrected chi connectivity index (χ1v) is 8.84. The Labute approximate surface area is 161 Å². The number of carbonyl (C=O) groups is 2. The number of nitrogens with one attached hydrogen (secondary N) is 1. The first kappa shape index (κ1) is 18.9. The highest BCUT2D eigenvalue weighted by Gasteiger charge is 2.37. The summed E-state index contributed by atoms with van der Waals surface area (Å²) in [5.41, 5.74) is 4.11. The van der Waals surface area contributed by atoms with Crippen LogP contribution in [0.4, 0.5) is 18.9 Å². The van der Waals surface area contributed by atoms with E-state index in [2.05, 4.69) is 20.5 Å². The maximum atomic E-state index is 13.5. The zero-order chi connectivity index (χ0) is 20.9. The lowest BCUT2D eigenvalue weighted by Gasteiger charge is -2.10. The average molecular weight is 407 g/mol. The van der Waals surface area contributed by atoms with Crippen molar-refractivity contribution >= 4 is 23.1 Å². The number of nitrogens with zero attached hydrogens (tertiary/aromatic N) is 5. The lowest BCUT2D eigenvalue weighted by Crippen LogP contribution is -2.18. The lowest BCUT2D eigenvalue weighted by molar-refractivity contribution is -0.142. The van der Waals surface area contributed by atoms with Crippen molar-refractivity contribution in [3.05, 3.63) is 41.1 Å². The quantitative estimate of drug-likeness (QED) is 0.672. The molecule has 0 aliphatic heterocycles. The Kier molecular flexibility index (Phi) is 4.28. The second-order valence-electron chi connectivity index (χ2n) is 6.70. The number of aromatic nitrogens is 5. The van der Waals surface area contributed by atoms with E-state index in [9.17, 15) is 22.8 Å². The summed E-state index contributed by atoms with van der Waals surface area (Å²) in [6, 6.07) is 2.14. The van der Waals surface area contributed by atoms with Crippen LogP contribution in [0.5, 0.6) is 0 Å². The van der Waals surface area contributed by atoms with Gasteiger partial charge >= 0.3 is 6.18 Å². The van der Waals surface area contributed by atoms with Crippen LogP contribution in [0.2, 0.25) is 0 Å². The molecule has 0 bridgehead atoms. The van der Waals surface area contributed by atoms with Gasteiger partial charge in [0.15, 0.2) is 17.0 Å². The smallest absolute Gasteiger partial charge is 0.364 e. The van der Waals surface area contributed by atoms with Crippen LogP contribution >= 0.6 is 0 Å². The molecule has 3 aromatic heterocycles. The molecule has 3 aromatic rings. The molecule has 3 N–H and O–H groups in total. The van der Waals surface area contributed by atoms with Crippen molar-refractivity contribution < 1.29 is 22.8 Å². The second kappa shape index (κ2) is 6.57. The zero-order valence-electron chi connectivity index (χ0n) is 15.2. The third kappa shape index (κ3) is 3.52. The number of aryl methyl sites for hydroxylation is 1. The topological polar surface area (TPSA) is 120 Å². The maximum Gasteiger partial charge on any atom is 0.433 e. The molecule has 3 heterocycles. The molecule has 152 valence electrons. The second-order valence-corrected chi connectivity index (χ2v) is 6.70. The molecular formula is C17H16F3N7O2. The first-order chi connectivity index (χ1) is 13.7. The van der Waals surface area contributed by atoms with E-state index in [0.717, 1.165) is 18.9 Å². The summed E-state index contributed by atoms with van der Waals surface area (Å²) in [6.45, 7) is 2.20.